The van der Waals surface area contributed by atoms with Crippen molar-refractivity contribution in [2.24, 2.45) is 5.84 Å². The van der Waals surface area contributed by atoms with Gasteiger partial charge in [0.1, 0.15) is 5.82 Å². The number of hydrogen-bond acceptors (Lipinski definition) is 2. The van der Waals surface area contributed by atoms with Gasteiger partial charge in [-0.2, -0.15) is 0 Å². The van der Waals surface area contributed by atoms with Crippen molar-refractivity contribution in [2.45, 2.75) is 6.54 Å². The summed E-state index contributed by atoms with van der Waals surface area (Å²) in [6, 6.07) is 4.80. The molecular weight excluding hydrogens is 167 g/mol. The topological polar surface area (TPSA) is 38.0 Å². The first-order valence-electron chi connectivity index (χ1n) is 3.12. The molecule has 0 aliphatic rings. The number of benzene rings is 1. The molecule has 1 aromatic carbocycles. The smallest absolute Gasteiger partial charge is 0.146 e. The van der Waals surface area contributed by atoms with Crippen LogP contribution in [-0.4, -0.2) is 0 Å². The molecule has 0 spiro atoms. The molecule has 0 aromatic heterocycles. The Morgan fingerprint density at radius 2 is 2.27 bits per heavy atom. The third-order valence-electron chi connectivity index (χ3n) is 1.32. The summed E-state index contributed by atoms with van der Waals surface area (Å²) in [6.45, 7) is 0.284. The van der Waals surface area contributed by atoms with Gasteiger partial charge in [0.05, 0.1) is 5.02 Å². The van der Waals surface area contributed by atoms with E-state index in [0.29, 0.717) is 5.56 Å². The lowest BCUT2D eigenvalue weighted by atomic mass is 10.2. The fourth-order valence-electron chi connectivity index (χ4n) is 0.795. The van der Waals surface area contributed by atoms with Crippen LogP contribution in [0.2, 0.25) is 5.02 Å². The maximum Gasteiger partial charge on any atom is 0.146 e. The SMILES string of the molecule is NNCc1cccc(Cl)c1F. The van der Waals surface area contributed by atoms with Gasteiger partial charge in [-0.05, 0) is 6.07 Å². The minimum Gasteiger partial charge on any atom is -0.271 e. The van der Waals surface area contributed by atoms with Gasteiger partial charge < -0.3 is 0 Å². The predicted molar refractivity (Wildman–Crippen MR) is 42.4 cm³/mol. The molecule has 0 saturated carbocycles. The zero-order valence-corrected chi connectivity index (χ0v) is 6.53. The van der Waals surface area contributed by atoms with Crippen molar-refractivity contribution in [3.63, 3.8) is 0 Å². The molecule has 3 N–H and O–H groups in total. The van der Waals surface area contributed by atoms with Crippen molar-refractivity contribution >= 4 is 11.6 Å². The Bertz CT molecular complexity index is 252. The number of rotatable bonds is 2. The average Bonchev–Trinajstić information content (AvgIpc) is 1.99. The first-order valence-corrected chi connectivity index (χ1v) is 3.50. The molecular formula is C7H8ClFN2. The Morgan fingerprint density at radius 1 is 1.55 bits per heavy atom. The largest absolute Gasteiger partial charge is 0.271 e. The molecule has 0 heterocycles. The highest BCUT2D eigenvalue weighted by Gasteiger charge is 2.03. The molecule has 2 nitrogen and oxygen atoms in total. The van der Waals surface area contributed by atoms with E-state index in [1.54, 1.807) is 12.1 Å². The standard InChI is InChI=1S/C7H8ClFN2/c8-6-3-1-2-5(4-11-10)7(6)9/h1-3,11H,4,10H2. The van der Waals surface area contributed by atoms with E-state index in [1.807, 2.05) is 0 Å². The van der Waals surface area contributed by atoms with Crippen LogP contribution in [0.25, 0.3) is 0 Å². The van der Waals surface area contributed by atoms with Crippen LogP contribution in [0.1, 0.15) is 5.56 Å². The molecule has 0 saturated heterocycles. The molecule has 0 bridgehead atoms. The zero-order chi connectivity index (χ0) is 8.27. The summed E-state index contributed by atoms with van der Waals surface area (Å²) in [4.78, 5) is 0. The van der Waals surface area contributed by atoms with Crippen LogP contribution in [0.5, 0.6) is 0 Å². The summed E-state index contributed by atoms with van der Waals surface area (Å²) in [7, 11) is 0. The number of halogens is 2. The van der Waals surface area contributed by atoms with Crippen LogP contribution in [0, 0.1) is 5.82 Å². The second kappa shape index (κ2) is 3.67. The molecule has 4 heteroatoms. The van der Waals surface area contributed by atoms with Crippen molar-refractivity contribution in [2.75, 3.05) is 0 Å². The molecule has 0 fully saturated rings. The lowest BCUT2D eigenvalue weighted by molar-refractivity contribution is 0.594. The van der Waals surface area contributed by atoms with Crippen LogP contribution in [-0.2, 0) is 6.54 Å². The first-order chi connectivity index (χ1) is 5.25. The van der Waals surface area contributed by atoms with Crippen LogP contribution < -0.4 is 11.3 Å². The summed E-state index contributed by atoms with van der Waals surface area (Å²) >= 11 is 5.51. The number of nitrogens with one attached hydrogen (secondary N) is 1. The molecule has 0 unspecified atom stereocenters. The summed E-state index contributed by atoms with van der Waals surface area (Å²) in [5.74, 6) is 4.61. The molecule has 0 atom stereocenters. The van der Waals surface area contributed by atoms with E-state index in [1.165, 1.54) is 6.07 Å². The Labute approximate surface area is 69.1 Å². The summed E-state index contributed by atoms with van der Waals surface area (Å²) in [5, 5.41) is 0.123. The Kier molecular flexibility index (Phi) is 2.82. The van der Waals surface area contributed by atoms with E-state index < -0.39 is 5.82 Å². The van der Waals surface area contributed by atoms with Crippen LogP contribution >= 0.6 is 11.6 Å². The van der Waals surface area contributed by atoms with Crippen LogP contribution in [0.3, 0.4) is 0 Å². The van der Waals surface area contributed by atoms with Gasteiger partial charge in [-0.15, -0.1) is 0 Å². The lowest BCUT2D eigenvalue weighted by Gasteiger charge is -2.01. The van der Waals surface area contributed by atoms with Crippen molar-refractivity contribution in [3.05, 3.63) is 34.6 Å². The molecule has 0 aliphatic heterocycles. The highest BCUT2D eigenvalue weighted by atomic mass is 35.5. The first kappa shape index (κ1) is 8.46. The highest BCUT2D eigenvalue weighted by Crippen LogP contribution is 2.17. The van der Waals surface area contributed by atoms with Gasteiger partial charge in [0.2, 0.25) is 0 Å². The van der Waals surface area contributed by atoms with Gasteiger partial charge in [0, 0.05) is 12.1 Å². The average molecular weight is 175 g/mol. The van der Waals surface area contributed by atoms with E-state index in [0.717, 1.165) is 0 Å². The number of hydrogen-bond donors (Lipinski definition) is 2. The monoisotopic (exact) mass is 174 g/mol. The maximum atomic E-state index is 13.0. The van der Waals surface area contributed by atoms with E-state index >= 15 is 0 Å². The molecule has 1 aromatic rings. The Balaban J connectivity index is 2.96. The van der Waals surface area contributed by atoms with E-state index in [-0.39, 0.29) is 11.6 Å². The second-order valence-corrected chi connectivity index (χ2v) is 2.50. The van der Waals surface area contributed by atoms with Gasteiger partial charge in [-0.1, -0.05) is 23.7 Å². The lowest BCUT2D eigenvalue weighted by Crippen LogP contribution is -2.21. The van der Waals surface area contributed by atoms with E-state index in [2.05, 4.69) is 5.43 Å². The Morgan fingerprint density at radius 3 is 2.91 bits per heavy atom. The van der Waals surface area contributed by atoms with Gasteiger partial charge >= 0.3 is 0 Å². The minimum absolute atomic E-state index is 0.123. The molecule has 0 amide bonds. The van der Waals surface area contributed by atoms with Gasteiger partial charge in [-0.25, -0.2) is 4.39 Å². The second-order valence-electron chi connectivity index (χ2n) is 2.09. The fourth-order valence-corrected chi connectivity index (χ4v) is 0.989. The maximum absolute atomic E-state index is 13.0. The van der Waals surface area contributed by atoms with Crippen molar-refractivity contribution < 1.29 is 4.39 Å². The minimum atomic E-state index is -0.410. The highest BCUT2D eigenvalue weighted by molar-refractivity contribution is 6.30. The fraction of sp³-hybridized carbons (Fsp3) is 0.143. The molecule has 0 radical (unpaired) electrons. The Hall–Kier alpha value is -0.640. The van der Waals surface area contributed by atoms with Crippen LogP contribution in [0.15, 0.2) is 18.2 Å². The van der Waals surface area contributed by atoms with Gasteiger partial charge in [0.15, 0.2) is 0 Å². The number of hydrazine groups is 1. The quantitative estimate of drug-likeness (QED) is 0.526. The third-order valence-corrected chi connectivity index (χ3v) is 1.62. The molecule has 60 valence electrons. The van der Waals surface area contributed by atoms with E-state index in [9.17, 15) is 4.39 Å². The van der Waals surface area contributed by atoms with Crippen molar-refractivity contribution in [3.8, 4) is 0 Å². The zero-order valence-electron chi connectivity index (χ0n) is 5.77. The third kappa shape index (κ3) is 1.89. The molecule has 0 aliphatic carbocycles. The van der Waals surface area contributed by atoms with Crippen molar-refractivity contribution in [1.82, 2.24) is 5.43 Å². The predicted octanol–water partition coefficient (Wildman–Crippen LogP) is 1.44. The summed E-state index contributed by atoms with van der Waals surface area (Å²) < 4.78 is 13.0. The normalized spacial score (nSPS) is 10.1. The van der Waals surface area contributed by atoms with E-state index in [4.69, 9.17) is 17.4 Å². The van der Waals surface area contributed by atoms with Crippen molar-refractivity contribution in [1.29, 1.82) is 0 Å². The van der Waals surface area contributed by atoms with Gasteiger partial charge in [-0.3, -0.25) is 11.3 Å². The molecule has 1 rings (SSSR count). The number of nitrogens with two attached hydrogens (primary N) is 1. The van der Waals surface area contributed by atoms with Crippen LogP contribution in [0.4, 0.5) is 4.39 Å². The summed E-state index contributed by atoms with van der Waals surface area (Å²) in [5.41, 5.74) is 2.83. The van der Waals surface area contributed by atoms with Gasteiger partial charge in [0.25, 0.3) is 0 Å². The summed E-state index contributed by atoms with van der Waals surface area (Å²) in [6.07, 6.45) is 0. The molecule has 11 heavy (non-hydrogen) atoms.